The van der Waals surface area contributed by atoms with Gasteiger partial charge in [0, 0.05) is 12.1 Å². The van der Waals surface area contributed by atoms with Crippen molar-refractivity contribution in [1.29, 1.82) is 0 Å². The molecule has 0 aliphatic carbocycles. The fraction of sp³-hybridized carbons (Fsp3) is 0.385. The molecular weight excluding hydrogens is 268 g/mol. The number of nitrogens with zero attached hydrogens (tertiary/aromatic N) is 2. The third kappa shape index (κ3) is 4.27. The molecule has 0 unspecified atom stereocenters. The van der Waals surface area contributed by atoms with Crippen LogP contribution in [-0.4, -0.2) is 29.8 Å². The summed E-state index contributed by atoms with van der Waals surface area (Å²) in [6.07, 6.45) is -1.69. The number of para-hydroxylation sites is 1. The first-order chi connectivity index (χ1) is 9.65. The molecule has 7 heteroatoms. The van der Waals surface area contributed by atoms with Crippen LogP contribution in [-0.2, 0) is 17.6 Å². The van der Waals surface area contributed by atoms with Gasteiger partial charge in [0.25, 0.3) is 6.43 Å². The zero-order valence-electron chi connectivity index (χ0n) is 10.8. The molecule has 2 N–H and O–H groups in total. The second-order valence-electron chi connectivity index (χ2n) is 4.20. The van der Waals surface area contributed by atoms with E-state index in [0.717, 1.165) is 5.56 Å². The predicted octanol–water partition coefficient (Wildman–Crippen LogP) is 2.07. The number of nitrogens with two attached hydrogens (primary N) is 1. The van der Waals surface area contributed by atoms with Crippen molar-refractivity contribution in [2.45, 2.75) is 19.3 Å². The van der Waals surface area contributed by atoms with Crippen LogP contribution in [0.4, 0.5) is 14.5 Å². The van der Waals surface area contributed by atoms with E-state index in [-0.39, 0.29) is 6.61 Å². The Kier molecular flexibility index (Phi) is 5.00. The van der Waals surface area contributed by atoms with Gasteiger partial charge in [0.1, 0.15) is 6.61 Å². The Morgan fingerprint density at radius 3 is 2.85 bits per heavy atom. The van der Waals surface area contributed by atoms with Crippen molar-refractivity contribution in [1.82, 2.24) is 10.1 Å². The Bertz CT molecular complexity index is 546. The van der Waals surface area contributed by atoms with E-state index in [0.29, 0.717) is 30.2 Å². The van der Waals surface area contributed by atoms with Crippen molar-refractivity contribution in [3.63, 3.8) is 0 Å². The maximum atomic E-state index is 11.9. The minimum atomic E-state index is -2.46. The fourth-order valence-electron chi connectivity index (χ4n) is 1.66. The lowest BCUT2D eigenvalue weighted by atomic mass is 10.1. The number of nitrogen functional groups attached to an aromatic ring is 1. The van der Waals surface area contributed by atoms with Crippen LogP contribution in [0.3, 0.4) is 0 Å². The summed E-state index contributed by atoms with van der Waals surface area (Å²) in [5.74, 6) is 0.871. The Balaban J connectivity index is 1.85. The van der Waals surface area contributed by atoms with Crippen molar-refractivity contribution < 1.29 is 18.0 Å². The Morgan fingerprint density at radius 2 is 2.10 bits per heavy atom. The van der Waals surface area contributed by atoms with E-state index in [9.17, 15) is 8.78 Å². The van der Waals surface area contributed by atoms with Crippen molar-refractivity contribution in [2.24, 2.45) is 0 Å². The average Bonchev–Trinajstić information content (AvgIpc) is 2.85. The van der Waals surface area contributed by atoms with E-state index in [1.54, 1.807) is 6.07 Å². The molecule has 0 bridgehead atoms. The van der Waals surface area contributed by atoms with Gasteiger partial charge in [0.2, 0.25) is 5.89 Å². The fourth-order valence-corrected chi connectivity index (χ4v) is 1.66. The topological polar surface area (TPSA) is 74.2 Å². The van der Waals surface area contributed by atoms with E-state index < -0.39 is 13.0 Å². The van der Waals surface area contributed by atoms with Crippen LogP contribution in [0.2, 0.25) is 0 Å². The lowest BCUT2D eigenvalue weighted by Gasteiger charge is -2.01. The van der Waals surface area contributed by atoms with Gasteiger partial charge < -0.3 is 15.0 Å². The predicted molar refractivity (Wildman–Crippen MR) is 68.5 cm³/mol. The average molecular weight is 283 g/mol. The Hall–Kier alpha value is -2.02. The minimum Gasteiger partial charge on any atom is -0.398 e. The number of hydrogen-bond acceptors (Lipinski definition) is 5. The molecule has 108 valence electrons. The molecule has 0 radical (unpaired) electrons. The molecule has 2 rings (SSSR count). The summed E-state index contributed by atoms with van der Waals surface area (Å²) >= 11 is 0. The molecule has 0 fully saturated rings. The SMILES string of the molecule is Nc1ccccc1Cc1nc(CCOCC(F)F)no1. The number of benzene rings is 1. The number of ether oxygens (including phenoxy) is 1. The van der Waals surface area contributed by atoms with Crippen LogP contribution in [0.5, 0.6) is 0 Å². The van der Waals surface area contributed by atoms with Gasteiger partial charge in [-0.1, -0.05) is 23.4 Å². The van der Waals surface area contributed by atoms with Crippen LogP contribution in [0.25, 0.3) is 0 Å². The van der Waals surface area contributed by atoms with Crippen molar-refractivity contribution in [2.75, 3.05) is 18.9 Å². The van der Waals surface area contributed by atoms with E-state index in [4.69, 9.17) is 15.0 Å². The summed E-state index contributed by atoms with van der Waals surface area (Å²) in [5, 5.41) is 3.76. The first-order valence-electron chi connectivity index (χ1n) is 6.16. The normalized spacial score (nSPS) is 11.2. The Labute approximate surface area is 114 Å². The number of hydrogen-bond donors (Lipinski definition) is 1. The standard InChI is InChI=1S/C13H15F2N3O2/c14-11(15)8-19-6-5-12-17-13(20-18-12)7-9-3-1-2-4-10(9)16/h1-4,11H,5-8,16H2. The number of aromatic nitrogens is 2. The smallest absolute Gasteiger partial charge is 0.261 e. The van der Waals surface area contributed by atoms with Gasteiger partial charge in [-0.3, -0.25) is 0 Å². The molecule has 0 saturated heterocycles. The molecule has 0 saturated carbocycles. The minimum absolute atomic E-state index is 0.136. The molecule has 0 spiro atoms. The summed E-state index contributed by atoms with van der Waals surface area (Å²) in [6.45, 7) is -0.442. The molecule has 0 aliphatic heterocycles. The lowest BCUT2D eigenvalue weighted by molar-refractivity contribution is 0.0182. The summed E-state index contributed by atoms with van der Waals surface area (Å²) in [4.78, 5) is 4.16. The van der Waals surface area contributed by atoms with Gasteiger partial charge in [-0.2, -0.15) is 4.98 Å². The van der Waals surface area contributed by atoms with Gasteiger partial charge in [0.15, 0.2) is 5.82 Å². The Morgan fingerprint density at radius 1 is 1.30 bits per heavy atom. The highest BCUT2D eigenvalue weighted by molar-refractivity contribution is 5.47. The highest BCUT2D eigenvalue weighted by Gasteiger charge is 2.09. The van der Waals surface area contributed by atoms with Gasteiger partial charge in [-0.05, 0) is 11.6 Å². The van der Waals surface area contributed by atoms with Gasteiger partial charge in [-0.15, -0.1) is 0 Å². The van der Waals surface area contributed by atoms with Gasteiger partial charge >= 0.3 is 0 Å². The van der Waals surface area contributed by atoms with Crippen LogP contribution < -0.4 is 5.73 Å². The van der Waals surface area contributed by atoms with Crippen LogP contribution in [0.15, 0.2) is 28.8 Å². The van der Waals surface area contributed by atoms with Crippen molar-refractivity contribution in [3.05, 3.63) is 41.5 Å². The number of rotatable bonds is 7. The van der Waals surface area contributed by atoms with Gasteiger partial charge in [0.05, 0.1) is 13.0 Å². The highest BCUT2D eigenvalue weighted by Crippen LogP contribution is 2.14. The molecular formula is C13H15F2N3O2. The zero-order valence-corrected chi connectivity index (χ0v) is 10.8. The maximum Gasteiger partial charge on any atom is 0.261 e. The highest BCUT2D eigenvalue weighted by atomic mass is 19.3. The largest absolute Gasteiger partial charge is 0.398 e. The van der Waals surface area contributed by atoms with Crippen LogP contribution in [0.1, 0.15) is 17.3 Å². The van der Waals surface area contributed by atoms with Crippen molar-refractivity contribution in [3.8, 4) is 0 Å². The van der Waals surface area contributed by atoms with Crippen molar-refractivity contribution >= 4 is 5.69 Å². The third-order valence-corrected chi connectivity index (χ3v) is 2.62. The van der Waals surface area contributed by atoms with Gasteiger partial charge in [-0.25, -0.2) is 8.78 Å². The molecule has 0 atom stereocenters. The molecule has 20 heavy (non-hydrogen) atoms. The van der Waals surface area contributed by atoms with Crippen LogP contribution in [0, 0.1) is 0 Å². The maximum absolute atomic E-state index is 11.9. The summed E-state index contributed by atoms with van der Waals surface area (Å²) in [6, 6.07) is 7.40. The molecule has 1 aromatic carbocycles. The third-order valence-electron chi connectivity index (χ3n) is 2.62. The summed E-state index contributed by atoms with van der Waals surface area (Å²) in [7, 11) is 0. The molecule has 5 nitrogen and oxygen atoms in total. The first-order valence-corrected chi connectivity index (χ1v) is 6.16. The van der Waals surface area contributed by atoms with E-state index in [1.807, 2.05) is 18.2 Å². The molecule has 1 heterocycles. The molecule has 1 aromatic heterocycles. The monoisotopic (exact) mass is 283 g/mol. The summed E-state index contributed by atoms with van der Waals surface area (Å²) < 4.78 is 33.6. The quantitative estimate of drug-likeness (QED) is 0.622. The lowest BCUT2D eigenvalue weighted by Crippen LogP contribution is -2.07. The summed E-state index contributed by atoms with van der Waals surface area (Å²) in [5.41, 5.74) is 7.38. The van der Waals surface area contributed by atoms with Crippen LogP contribution >= 0.6 is 0 Å². The second-order valence-corrected chi connectivity index (χ2v) is 4.20. The van der Waals surface area contributed by atoms with E-state index >= 15 is 0 Å². The number of alkyl halides is 2. The van der Waals surface area contributed by atoms with E-state index in [2.05, 4.69) is 10.1 Å². The number of anilines is 1. The second kappa shape index (κ2) is 6.95. The molecule has 2 aromatic rings. The molecule has 0 amide bonds. The number of halogens is 2. The zero-order chi connectivity index (χ0) is 14.4. The first kappa shape index (κ1) is 14.4. The van der Waals surface area contributed by atoms with E-state index in [1.165, 1.54) is 0 Å². The molecule has 0 aliphatic rings.